The van der Waals surface area contributed by atoms with Gasteiger partial charge in [0.15, 0.2) is 0 Å². The van der Waals surface area contributed by atoms with Crippen LogP contribution in [0.2, 0.25) is 0 Å². The fourth-order valence-electron chi connectivity index (χ4n) is 2.29. The lowest BCUT2D eigenvalue weighted by molar-refractivity contribution is 0.491. The van der Waals surface area contributed by atoms with Gasteiger partial charge in [-0.3, -0.25) is 0 Å². The molecule has 0 spiro atoms. The fraction of sp³-hybridized carbons (Fsp3) is 0.294. The Balaban J connectivity index is 2.21. The van der Waals surface area contributed by atoms with Crippen molar-refractivity contribution < 1.29 is 0 Å². The molecule has 100 valence electrons. The molecule has 0 aliphatic rings. The zero-order chi connectivity index (χ0) is 13.9. The van der Waals surface area contributed by atoms with E-state index in [9.17, 15) is 0 Å². The van der Waals surface area contributed by atoms with Crippen molar-refractivity contribution in [3.8, 4) is 0 Å². The molecule has 19 heavy (non-hydrogen) atoms. The standard InChI is InChI=1S/C17H20BrN/c1-3-13-7-9-15(10-8-13)17(2,19)12-14-5-4-6-16(18)11-14/h4-11H,3,12,19H2,1-2H3. The summed E-state index contributed by atoms with van der Waals surface area (Å²) in [6, 6.07) is 17.0. The Kier molecular flexibility index (Phi) is 4.43. The summed E-state index contributed by atoms with van der Waals surface area (Å²) < 4.78 is 1.10. The Bertz CT molecular complexity index is 543. The molecular weight excluding hydrogens is 298 g/mol. The second-order valence-electron chi connectivity index (χ2n) is 5.27. The molecule has 2 aromatic rings. The first-order chi connectivity index (χ1) is 9.01. The molecule has 0 saturated carbocycles. The summed E-state index contributed by atoms with van der Waals surface area (Å²) in [4.78, 5) is 0. The molecule has 0 aliphatic carbocycles. The van der Waals surface area contributed by atoms with E-state index in [4.69, 9.17) is 5.73 Å². The van der Waals surface area contributed by atoms with Gasteiger partial charge in [0.05, 0.1) is 0 Å². The summed E-state index contributed by atoms with van der Waals surface area (Å²) in [6.07, 6.45) is 1.89. The number of benzene rings is 2. The second kappa shape index (κ2) is 5.89. The average Bonchev–Trinajstić information content (AvgIpc) is 2.38. The van der Waals surface area contributed by atoms with Gasteiger partial charge in [-0.1, -0.05) is 59.3 Å². The summed E-state index contributed by atoms with van der Waals surface area (Å²) >= 11 is 3.50. The number of nitrogens with two attached hydrogens (primary N) is 1. The molecule has 0 aromatic heterocycles. The van der Waals surface area contributed by atoms with Crippen LogP contribution >= 0.6 is 15.9 Å². The number of aryl methyl sites for hydroxylation is 1. The lowest BCUT2D eigenvalue weighted by Gasteiger charge is -2.26. The van der Waals surface area contributed by atoms with Gasteiger partial charge in [0.1, 0.15) is 0 Å². The monoisotopic (exact) mass is 317 g/mol. The van der Waals surface area contributed by atoms with E-state index in [-0.39, 0.29) is 5.54 Å². The Morgan fingerprint density at radius 3 is 2.32 bits per heavy atom. The fourth-order valence-corrected chi connectivity index (χ4v) is 2.74. The maximum atomic E-state index is 6.50. The van der Waals surface area contributed by atoms with Gasteiger partial charge >= 0.3 is 0 Å². The zero-order valence-corrected chi connectivity index (χ0v) is 13.1. The molecule has 2 heteroatoms. The van der Waals surface area contributed by atoms with Crippen molar-refractivity contribution in [3.05, 3.63) is 69.7 Å². The van der Waals surface area contributed by atoms with Crippen molar-refractivity contribution in [2.24, 2.45) is 5.73 Å². The molecule has 2 aromatic carbocycles. The molecule has 0 amide bonds. The summed E-state index contributed by atoms with van der Waals surface area (Å²) in [5.41, 5.74) is 9.94. The van der Waals surface area contributed by atoms with E-state index >= 15 is 0 Å². The minimum absolute atomic E-state index is 0.340. The van der Waals surface area contributed by atoms with Crippen LogP contribution in [0.5, 0.6) is 0 Å². The highest BCUT2D eigenvalue weighted by Crippen LogP contribution is 2.24. The molecule has 2 N–H and O–H groups in total. The van der Waals surface area contributed by atoms with Crippen LogP contribution in [0.15, 0.2) is 53.0 Å². The highest BCUT2D eigenvalue weighted by atomic mass is 79.9. The van der Waals surface area contributed by atoms with Crippen LogP contribution in [-0.4, -0.2) is 0 Å². The molecule has 0 saturated heterocycles. The van der Waals surface area contributed by atoms with Crippen molar-refractivity contribution >= 4 is 15.9 Å². The van der Waals surface area contributed by atoms with E-state index in [1.165, 1.54) is 16.7 Å². The lowest BCUT2D eigenvalue weighted by atomic mass is 9.86. The van der Waals surface area contributed by atoms with E-state index in [2.05, 4.69) is 72.2 Å². The maximum Gasteiger partial charge on any atom is 0.0421 e. The number of halogens is 1. The van der Waals surface area contributed by atoms with Crippen LogP contribution in [0.3, 0.4) is 0 Å². The Morgan fingerprint density at radius 1 is 1.05 bits per heavy atom. The van der Waals surface area contributed by atoms with Gasteiger partial charge in [-0.15, -0.1) is 0 Å². The molecule has 2 rings (SSSR count). The molecule has 1 atom stereocenters. The first kappa shape index (κ1) is 14.3. The summed E-state index contributed by atoms with van der Waals surface area (Å²) in [5, 5.41) is 0. The van der Waals surface area contributed by atoms with Crippen molar-refractivity contribution in [2.45, 2.75) is 32.2 Å². The third kappa shape index (κ3) is 3.68. The molecule has 0 heterocycles. The molecule has 0 fully saturated rings. The van der Waals surface area contributed by atoms with Gasteiger partial charge in [-0.2, -0.15) is 0 Å². The number of hydrogen-bond acceptors (Lipinski definition) is 1. The Labute approximate surface area is 124 Å². The maximum absolute atomic E-state index is 6.50. The quantitative estimate of drug-likeness (QED) is 0.887. The third-order valence-electron chi connectivity index (χ3n) is 3.48. The summed E-state index contributed by atoms with van der Waals surface area (Å²) in [5.74, 6) is 0. The van der Waals surface area contributed by atoms with Gasteiger partial charge in [0, 0.05) is 10.0 Å². The van der Waals surface area contributed by atoms with E-state index in [0.29, 0.717) is 0 Å². The predicted octanol–water partition coefficient (Wildman–Crippen LogP) is 4.43. The van der Waals surface area contributed by atoms with Crippen molar-refractivity contribution in [1.29, 1.82) is 0 Å². The number of hydrogen-bond donors (Lipinski definition) is 1. The van der Waals surface area contributed by atoms with Gasteiger partial charge in [-0.25, -0.2) is 0 Å². The van der Waals surface area contributed by atoms with Crippen molar-refractivity contribution in [1.82, 2.24) is 0 Å². The molecule has 1 nitrogen and oxygen atoms in total. The highest BCUT2D eigenvalue weighted by molar-refractivity contribution is 9.10. The first-order valence-corrected chi connectivity index (χ1v) is 7.43. The van der Waals surface area contributed by atoms with Gasteiger partial charge in [0.2, 0.25) is 0 Å². The minimum Gasteiger partial charge on any atom is -0.321 e. The van der Waals surface area contributed by atoms with E-state index < -0.39 is 0 Å². The van der Waals surface area contributed by atoms with E-state index in [1.54, 1.807) is 0 Å². The van der Waals surface area contributed by atoms with Crippen LogP contribution in [0.4, 0.5) is 0 Å². The van der Waals surface area contributed by atoms with Crippen LogP contribution < -0.4 is 5.73 Å². The van der Waals surface area contributed by atoms with E-state index in [0.717, 1.165) is 17.3 Å². The average molecular weight is 318 g/mol. The first-order valence-electron chi connectivity index (χ1n) is 6.64. The minimum atomic E-state index is -0.340. The van der Waals surface area contributed by atoms with Crippen molar-refractivity contribution in [3.63, 3.8) is 0 Å². The van der Waals surface area contributed by atoms with Crippen LogP contribution in [0, 0.1) is 0 Å². The number of rotatable bonds is 4. The largest absolute Gasteiger partial charge is 0.321 e. The van der Waals surface area contributed by atoms with Crippen LogP contribution in [0.1, 0.15) is 30.5 Å². The smallest absolute Gasteiger partial charge is 0.0421 e. The third-order valence-corrected chi connectivity index (χ3v) is 3.98. The second-order valence-corrected chi connectivity index (χ2v) is 6.19. The Morgan fingerprint density at radius 2 is 1.74 bits per heavy atom. The zero-order valence-electron chi connectivity index (χ0n) is 11.5. The molecule has 0 aliphatic heterocycles. The van der Waals surface area contributed by atoms with Crippen LogP contribution in [-0.2, 0) is 18.4 Å². The Hall–Kier alpha value is -1.12. The topological polar surface area (TPSA) is 26.0 Å². The summed E-state index contributed by atoms with van der Waals surface area (Å²) in [7, 11) is 0. The van der Waals surface area contributed by atoms with Gasteiger partial charge in [0.25, 0.3) is 0 Å². The van der Waals surface area contributed by atoms with Crippen LogP contribution in [0.25, 0.3) is 0 Å². The molecule has 0 radical (unpaired) electrons. The highest BCUT2D eigenvalue weighted by Gasteiger charge is 2.21. The lowest BCUT2D eigenvalue weighted by Crippen LogP contribution is -2.35. The summed E-state index contributed by atoms with van der Waals surface area (Å²) in [6.45, 7) is 4.26. The van der Waals surface area contributed by atoms with E-state index in [1.807, 2.05) is 6.07 Å². The van der Waals surface area contributed by atoms with Gasteiger partial charge in [-0.05, 0) is 48.6 Å². The molecular formula is C17H20BrN. The predicted molar refractivity (Wildman–Crippen MR) is 85.2 cm³/mol. The molecule has 1 unspecified atom stereocenters. The van der Waals surface area contributed by atoms with Crippen molar-refractivity contribution in [2.75, 3.05) is 0 Å². The van der Waals surface area contributed by atoms with Gasteiger partial charge < -0.3 is 5.73 Å². The SMILES string of the molecule is CCc1ccc(C(C)(N)Cc2cccc(Br)c2)cc1. The normalized spacial score (nSPS) is 14.1. The molecule has 0 bridgehead atoms.